The Labute approximate surface area is 106 Å². The summed E-state index contributed by atoms with van der Waals surface area (Å²) in [5.74, 6) is -0.190. The highest BCUT2D eigenvalue weighted by Gasteiger charge is 2.09. The van der Waals surface area contributed by atoms with Crippen molar-refractivity contribution in [2.24, 2.45) is 0 Å². The molecule has 0 fully saturated rings. The van der Waals surface area contributed by atoms with Crippen LogP contribution in [0.3, 0.4) is 0 Å². The number of ether oxygens (including phenoxy) is 1. The molecular weight excluding hydrogens is 241 g/mol. The van der Waals surface area contributed by atoms with E-state index in [4.69, 9.17) is 16.3 Å². The Bertz CT molecular complexity index is 395. The molecule has 0 spiro atoms. The average Bonchev–Trinajstić information content (AvgIpc) is 2.27. The molecule has 0 bridgehead atoms. The lowest BCUT2D eigenvalue weighted by molar-refractivity contribution is 0.338. The Balaban J connectivity index is 2.75. The zero-order valence-corrected chi connectivity index (χ0v) is 10.9. The van der Waals surface area contributed by atoms with E-state index in [0.717, 1.165) is 12.1 Å². The minimum absolute atomic E-state index is 0.112. The van der Waals surface area contributed by atoms with Gasteiger partial charge in [-0.2, -0.15) is 0 Å². The monoisotopic (exact) mass is 257 g/mol. The second-order valence-corrected chi connectivity index (χ2v) is 4.31. The van der Waals surface area contributed by atoms with Crippen LogP contribution in [0, 0.1) is 5.82 Å². The summed E-state index contributed by atoms with van der Waals surface area (Å²) in [4.78, 5) is 0. The quantitative estimate of drug-likeness (QED) is 0.840. The smallest absolute Gasteiger partial charge is 0.165 e. The van der Waals surface area contributed by atoms with E-state index in [-0.39, 0.29) is 24.2 Å². The van der Waals surface area contributed by atoms with Crippen LogP contribution in [0.2, 0.25) is 0 Å². The van der Waals surface area contributed by atoms with Crippen LogP contribution in [0.5, 0.6) is 5.75 Å². The largest absolute Gasteiger partial charge is 0.485 e. The first-order valence-electron chi connectivity index (χ1n) is 5.53. The topological polar surface area (TPSA) is 21.3 Å². The number of benzene rings is 1. The predicted molar refractivity (Wildman–Crippen MR) is 69.0 cm³/mol. The van der Waals surface area contributed by atoms with Gasteiger partial charge in [-0.25, -0.2) is 4.39 Å². The molecule has 0 heterocycles. The molecule has 0 amide bonds. The number of rotatable bonds is 6. The van der Waals surface area contributed by atoms with E-state index in [2.05, 4.69) is 11.9 Å². The maximum Gasteiger partial charge on any atom is 0.165 e. The standard InChI is InChI=1S/C13H17ClFNO/c1-4-16-10(3)11-5-6-13(12(15)7-11)17-8-9(2)14/h5-7,10,16H,2,4,8H2,1,3H3. The maximum absolute atomic E-state index is 13.7. The first kappa shape index (κ1) is 14.0. The molecule has 0 aliphatic carbocycles. The molecule has 1 aromatic carbocycles. The van der Waals surface area contributed by atoms with Crippen LogP contribution >= 0.6 is 11.6 Å². The number of hydrogen-bond acceptors (Lipinski definition) is 2. The minimum Gasteiger partial charge on any atom is -0.485 e. The van der Waals surface area contributed by atoms with E-state index < -0.39 is 0 Å². The van der Waals surface area contributed by atoms with Gasteiger partial charge in [-0.1, -0.05) is 31.2 Å². The fourth-order valence-electron chi connectivity index (χ4n) is 1.48. The SMILES string of the molecule is C=C(Cl)COc1ccc(C(C)NCC)cc1F. The molecule has 1 rings (SSSR count). The highest BCUT2D eigenvalue weighted by atomic mass is 35.5. The highest BCUT2D eigenvalue weighted by Crippen LogP contribution is 2.22. The van der Waals surface area contributed by atoms with Gasteiger partial charge >= 0.3 is 0 Å². The van der Waals surface area contributed by atoms with Crippen molar-refractivity contribution in [3.05, 3.63) is 41.2 Å². The van der Waals surface area contributed by atoms with E-state index in [9.17, 15) is 4.39 Å². The molecule has 94 valence electrons. The molecule has 4 heteroatoms. The van der Waals surface area contributed by atoms with Crippen molar-refractivity contribution in [1.82, 2.24) is 5.32 Å². The summed E-state index contributed by atoms with van der Waals surface area (Å²) in [7, 11) is 0. The van der Waals surface area contributed by atoms with E-state index in [0.29, 0.717) is 5.03 Å². The zero-order valence-electron chi connectivity index (χ0n) is 10.1. The molecule has 0 aromatic heterocycles. The molecule has 17 heavy (non-hydrogen) atoms. The Hall–Kier alpha value is -1.06. The lowest BCUT2D eigenvalue weighted by Gasteiger charge is -2.14. The molecule has 0 aliphatic heterocycles. The molecule has 1 atom stereocenters. The van der Waals surface area contributed by atoms with Crippen LogP contribution in [0.4, 0.5) is 4.39 Å². The maximum atomic E-state index is 13.7. The van der Waals surface area contributed by atoms with Gasteiger partial charge in [0.15, 0.2) is 11.6 Å². The van der Waals surface area contributed by atoms with Crippen LogP contribution < -0.4 is 10.1 Å². The van der Waals surface area contributed by atoms with E-state index in [1.807, 2.05) is 19.9 Å². The third-order valence-corrected chi connectivity index (χ3v) is 2.46. The lowest BCUT2D eigenvalue weighted by atomic mass is 10.1. The van der Waals surface area contributed by atoms with E-state index in [1.54, 1.807) is 6.07 Å². The van der Waals surface area contributed by atoms with Crippen LogP contribution in [-0.2, 0) is 0 Å². The summed E-state index contributed by atoms with van der Waals surface area (Å²) in [6.07, 6.45) is 0. The summed E-state index contributed by atoms with van der Waals surface area (Å²) in [6.45, 7) is 8.43. The molecule has 0 saturated heterocycles. The second-order valence-electron chi connectivity index (χ2n) is 3.78. The third kappa shape index (κ3) is 4.36. The van der Waals surface area contributed by atoms with Crippen molar-refractivity contribution >= 4 is 11.6 Å². The fourth-order valence-corrected chi connectivity index (χ4v) is 1.54. The van der Waals surface area contributed by atoms with E-state index in [1.165, 1.54) is 6.07 Å². The van der Waals surface area contributed by atoms with Crippen LogP contribution in [0.15, 0.2) is 29.8 Å². The zero-order chi connectivity index (χ0) is 12.8. The first-order valence-corrected chi connectivity index (χ1v) is 5.91. The van der Waals surface area contributed by atoms with Gasteiger partial charge in [0, 0.05) is 11.1 Å². The number of nitrogens with one attached hydrogen (secondary N) is 1. The van der Waals surface area contributed by atoms with Gasteiger partial charge in [0.25, 0.3) is 0 Å². The third-order valence-electron chi connectivity index (χ3n) is 2.35. The predicted octanol–water partition coefficient (Wildman–Crippen LogP) is 3.63. The summed E-state index contributed by atoms with van der Waals surface area (Å²) in [5, 5.41) is 3.56. The van der Waals surface area contributed by atoms with Crippen molar-refractivity contribution < 1.29 is 9.13 Å². The molecular formula is C13H17ClFNO. The van der Waals surface area contributed by atoms with Gasteiger partial charge in [0.1, 0.15) is 6.61 Å². The highest BCUT2D eigenvalue weighted by molar-refractivity contribution is 6.29. The van der Waals surface area contributed by atoms with Crippen LogP contribution in [-0.4, -0.2) is 13.2 Å². The minimum atomic E-state index is -0.384. The molecule has 0 aliphatic rings. The van der Waals surface area contributed by atoms with Gasteiger partial charge in [0.2, 0.25) is 0 Å². The summed E-state index contributed by atoms with van der Waals surface area (Å²) >= 11 is 5.55. The first-order chi connectivity index (χ1) is 8.04. The Morgan fingerprint density at radius 2 is 2.29 bits per heavy atom. The normalized spacial score (nSPS) is 12.2. The van der Waals surface area contributed by atoms with Gasteiger partial charge in [-0.15, -0.1) is 0 Å². The van der Waals surface area contributed by atoms with Crippen molar-refractivity contribution in [3.63, 3.8) is 0 Å². The lowest BCUT2D eigenvalue weighted by Crippen LogP contribution is -2.17. The van der Waals surface area contributed by atoms with Crippen molar-refractivity contribution in [2.45, 2.75) is 19.9 Å². The fraction of sp³-hybridized carbons (Fsp3) is 0.385. The number of halogens is 2. The molecule has 1 aromatic rings. The Morgan fingerprint density at radius 1 is 1.59 bits per heavy atom. The van der Waals surface area contributed by atoms with Crippen LogP contribution in [0.25, 0.3) is 0 Å². The molecule has 1 N–H and O–H groups in total. The van der Waals surface area contributed by atoms with Crippen molar-refractivity contribution in [2.75, 3.05) is 13.2 Å². The van der Waals surface area contributed by atoms with Crippen molar-refractivity contribution in [1.29, 1.82) is 0 Å². The Morgan fingerprint density at radius 3 is 2.82 bits per heavy atom. The molecule has 1 unspecified atom stereocenters. The molecule has 0 radical (unpaired) electrons. The van der Waals surface area contributed by atoms with Gasteiger partial charge < -0.3 is 10.1 Å². The Kier molecular flexibility index (Phi) is 5.45. The summed E-state index contributed by atoms with van der Waals surface area (Å²) < 4.78 is 18.8. The van der Waals surface area contributed by atoms with Gasteiger partial charge in [0.05, 0.1) is 0 Å². The summed E-state index contributed by atoms with van der Waals surface area (Å²) in [5.41, 5.74) is 0.890. The van der Waals surface area contributed by atoms with Crippen molar-refractivity contribution in [3.8, 4) is 5.75 Å². The van der Waals surface area contributed by atoms with Gasteiger partial charge in [-0.3, -0.25) is 0 Å². The van der Waals surface area contributed by atoms with Gasteiger partial charge in [-0.05, 0) is 31.2 Å². The average molecular weight is 258 g/mol. The summed E-state index contributed by atoms with van der Waals surface area (Å²) in [6, 6.07) is 5.03. The van der Waals surface area contributed by atoms with Crippen LogP contribution in [0.1, 0.15) is 25.5 Å². The molecule has 2 nitrogen and oxygen atoms in total. The molecule has 0 saturated carbocycles. The van der Waals surface area contributed by atoms with E-state index >= 15 is 0 Å². The second kappa shape index (κ2) is 6.62. The number of hydrogen-bond donors (Lipinski definition) is 1.